The van der Waals surface area contributed by atoms with Gasteiger partial charge in [-0.3, -0.25) is 0 Å². The standard InChI is InChI=1S/C19H22O5/c1-5-7-8-22-13(4)19(21)24-16-11-17-15(10-14(16)6-2)12(3)9-18(20)23-17/h5,9-11,13H,1,6-8H2,2-4H3. The third-order valence-corrected chi connectivity index (χ3v) is 3.75. The number of fused-ring (bicyclic) bond motifs is 1. The van der Waals surface area contributed by atoms with Gasteiger partial charge < -0.3 is 13.9 Å². The summed E-state index contributed by atoms with van der Waals surface area (Å²) in [5.74, 6) is -0.0916. The maximum atomic E-state index is 12.2. The van der Waals surface area contributed by atoms with Crippen molar-refractivity contribution in [3.8, 4) is 5.75 Å². The lowest BCUT2D eigenvalue weighted by Crippen LogP contribution is -2.26. The molecule has 24 heavy (non-hydrogen) atoms. The summed E-state index contributed by atoms with van der Waals surface area (Å²) in [6.45, 7) is 9.47. The summed E-state index contributed by atoms with van der Waals surface area (Å²) >= 11 is 0. The van der Waals surface area contributed by atoms with Gasteiger partial charge in [-0.1, -0.05) is 13.0 Å². The number of hydrogen-bond donors (Lipinski definition) is 0. The zero-order chi connectivity index (χ0) is 17.7. The van der Waals surface area contributed by atoms with Crippen LogP contribution in [0, 0.1) is 6.92 Å². The molecule has 2 aromatic rings. The van der Waals surface area contributed by atoms with Crippen molar-refractivity contribution in [2.45, 2.75) is 39.7 Å². The van der Waals surface area contributed by atoms with E-state index in [1.807, 2.05) is 19.9 Å². The van der Waals surface area contributed by atoms with Crippen LogP contribution in [0.3, 0.4) is 0 Å². The van der Waals surface area contributed by atoms with Gasteiger partial charge in [0.05, 0.1) is 6.61 Å². The minimum atomic E-state index is -0.685. The number of carbonyl (C=O) groups is 1. The lowest BCUT2D eigenvalue weighted by Gasteiger charge is -2.14. The van der Waals surface area contributed by atoms with Crippen LogP contribution in [0.15, 0.2) is 40.1 Å². The number of carbonyl (C=O) groups excluding carboxylic acids is 1. The molecule has 0 fully saturated rings. The average Bonchev–Trinajstić information content (AvgIpc) is 2.54. The Balaban J connectivity index is 2.29. The van der Waals surface area contributed by atoms with Crippen molar-refractivity contribution in [1.29, 1.82) is 0 Å². The van der Waals surface area contributed by atoms with Gasteiger partial charge >= 0.3 is 11.6 Å². The van der Waals surface area contributed by atoms with Crippen molar-refractivity contribution in [3.05, 3.63) is 52.4 Å². The zero-order valence-corrected chi connectivity index (χ0v) is 14.3. The molecule has 0 saturated carbocycles. The van der Waals surface area contributed by atoms with E-state index in [1.165, 1.54) is 6.07 Å². The van der Waals surface area contributed by atoms with Crippen molar-refractivity contribution in [2.75, 3.05) is 6.61 Å². The van der Waals surface area contributed by atoms with E-state index in [9.17, 15) is 9.59 Å². The summed E-state index contributed by atoms with van der Waals surface area (Å²) in [6, 6.07) is 4.93. The smallest absolute Gasteiger partial charge is 0.340 e. The lowest BCUT2D eigenvalue weighted by atomic mass is 10.1. The Morgan fingerprint density at radius 2 is 2.12 bits per heavy atom. The van der Waals surface area contributed by atoms with Crippen LogP contribution in [0.1, 0.15) is 31.4 Å². The molecule has 0 aliphatic carbocycles. The van der Waals surface area contributed by atoms with Crippen LogP contribution in [0.2, 0.25) is 0 Å². The number of ether oxygens (including phenoxy) is 2. The van der Waals surface area contributed by atoms with E-state index in [2.05, 4.69) is 6.58 Å². The van der Waals surface area contributed by atoms with Crippen LogP contribution >= 0.6 is 0 Å². The second kappa shape index (κ2) is 7.93. The Bertz CT molecular complexity index is 803. The van der Waals surface area contributed by atoms with Gasteiger partial charge in [0.2, 0.25) is 0 Å². The van der Waals surface area contributed by atoms with Crippen LogP contribution in [0.25, 0.3) is 11.0 Å². The summed E-state index contributed by atoms with van der Waals surface area (Å²) in [7, 11) is 0. The molecule has 0 amide bonds. The summed E-state index contributed by atoms with van der Waals surface area (Å²) in [5, 5.41) is 0.835. The van der Waals surface area contributed by atoms with E-state index in [-0.39, 0.29) is 0 Å². The first-order valence-electron chi connectivity index (χ1n) is 7.97. The van der Waals surface area contributed by atoms with Gasteiger partial charge in [-0.2, -0.15) is 0 Å². The first kappa shape index (κ1) is 17.9. The van der Waals surface area contributed by atoms with Gasteiger partial charge in [-0.25, -0.2) is 9.59 Å². The summed E-state index contributed by atoms with van der Waals surface area (Å²) in [5.41, 5.74) is 1.67. The summed E-state index contributed by atoms with van der Waals surface area (Å²) < 4.78 is 16.1. The van der Waals surface area contributed by atoms with E-state index in [4.69, 9.17) is 13.9 Å². The molecule has 1 atom stereocenters. The highest BCUT2D eigenvalue weighted by molar-refractivity contribution is 5.84. The first-order chi connectivity index (χ1) is 11.5. The maximum Gasteiger partial charge on any atom is 0.340 e. The van der Waals surface area contributed by atoms with E-state index in [0.717, 1.165) is 16.5 Å². The average molecular weight is 330 g/mol. The molecule has 0 saturated heterocycles. The molecule has 1 aromatic carbocycles. The zero-order valence-electron chi connectivity index (χ0n) is 14.3. The largest absolute Gasteiger partial charge is 0.424 e. The predicted octanol–water partition coefficient (Wildman–Crippen LogP) is 3.55. The van der Waals surface area contributed by atoms with Crippen LogP contribution in [-0.2, 0) is 16.0 Å². The molecule has 0 spiro atoms. The molecule has 0 N–H and O–H groups in total. The molecule has 0 aliphatic heterocycles. The predicted molar refractivity (Wildman–Crippen MR) is 92.5 cm³/mol. The molecule has 2 rings (SSSR count). The molecule has 1 unspecified atom stereocenters. The van der Waals surface area contributed by atoms with E-state index >= 15 is 0 Å². The number of hydrogen-bond acceptors (Lipinski definition) is 5. The van der Waals surface area contributed by atoms with Gasteiger partial charge in [0, 0.05) is 17.5 Å². The molecule has 0 bridgehead atoms. The molecular weight excluding hydrogens is 308 g/mol. The van der Waals surface area contributed by atoms with Crippen molar-refractivity contribution in [3.63, 3.8) is 0 Å². The van der Waals surface area contributed by atoms with Gasteiger partial charge in [-0.15, -0.1) is 6.58 Å². The van der Waals surface area contributed by atoms with Crippen molar-refractivity contribution in [2.24, 2.45) is 0 Å². The Morgan fingerprint density at radius 1 is 1.38 bits per heavy atom. The Labute approximate surface area is 140 Å². The second-order valence-electron chi connectivity index (χ2n) is 5.57. The molecule has 128 valence electrons. The molecule has 1 heterocycles. The fraction of sp³-hybridized carbons (Fsp3) is 0.368. The van der Waals surface area contributed by atoms with Crippen LogP contribution in [-0.4, -0.2) is 18.7 Å². The van der Waals surface area contributed by atoms with Crippen LogP contribution < -0.4 is 10.4 Å². The number of aryl methyl sites for hydroxylation is 2. The minimum absolute atomic E-state index is 0.392. The highest BCUT2D eigenvalue weighted by Gasteiger charge is 2.18. The van der Waals surface area contributed by atoms with E-state index in [1.54, 1.807) is 19.1 Å². The molecule has 0 aliphatic rings. The molecule has 1 aromatic heterocycles. The third-order valence-electron chi connectivity index (χ3n) is 3.75. The van der Waals surface area contributed by atoms with Gasteiger partial charge in [0.1, 0.15) is 11.3 Å². The monoisotopic (exact) mass is 330 g/mol. The molecule has 5 heteroatoms. The Hall–Kier alpha value is -2.40. The van der Waals surface area contributed by atoms with Crippen molar-refractivity contribution >= 4 is 16.9 Å². The maximum absolute atomic E-state index is 12.2. The SMILES string of the molecule is C=CCCOC(C)C(=O)Oc1cc2oc(=O)cc(C)c2cc1CC. The van der Waals surface area contributed by atoms with Gasteiger partial charge in [0.25, 0.3) is 0 Å². The Morgan fingerprint density at radius 3 is 2.79 bits per heavy atom. The molecule has 5 nitrogen and oxygen atoms in total. The number of rotatable bonds is 7. The minimum Gasteiger partial charge on any atom is -0.424 e. The highest BCUT2D eigenvalue weighted by Crippen LogP contribution is 2.28. The third kappa shape index (κ3) is 4.11. The van der Waals surface area contributed by atoms with Gasteiger partial charge in [0.15, 0.2) is 6.10 Å². The summed E-state index contributed by atoms with van der Waals surface area (Å²) in [6.07, 6.45) is 2.39. The first-order valence-corrected chi connectivity index (χ1v) is 7.97. The molecule has 0 radical (unpaired) electrons. The fourth-order valence-electron chi connectivity index (χ4n) is 2.35. The molecular formula is C19H22O5. The van der Waals surface area contributed by atoms with Crippen LogP contribution in [0.4, 0.5) is 0 Å². The summed E-state index contributed by atoms with van der Waals surface area (Å²) in [4.78, 5) is 23.7. The number of esters is 1. The topological polar surface area (TPSA) is 65.7 Å². The van der Waals surface area contributed by atoms with E-state index < -0.39 is 17.7 Å². The van der Waals surface area contributed by atoms with E-state index in [0.29, 0.717) is 30.8 Å². The number of benzene rings is 1. The van der Waals surface area contributed by atoms with Crippen molar-refractivity contribution in [1.82, 2.24) is 0 Å². The quantitative estimate of drug-likeness (QED) is 0.255. The van der Waals surface area contributed by atoms with Crippen molar-refractivity contribution < 1.29 is 18.7 Å². The second-order valence-corrected chi connectivity index (χ2v) is 5.57. The fourth-order valence-corrected chi connectivity index (χ4v) is 2.35. The normalized spacial score (nSPS) is 12.1. The lowest BCUT2D eigenvalue weighted by molar-refractivity contribution is -0.146. The Kier molecular flexibility index (Phi) is 5.93. The van der Waals surface area contributed by atoms with Gasteiger partial charge in [-0.05, 0) is 43.9 Å². The van der Waals surface area contributed by atoms with Crippen LogP contribution in [0.5, 0.6) is 5.75 Å². The highest BCUT2D eigenvalue weighted by atomic mass is 16.6.